The molecule has 0 amide bonds. The summed E-state index contributed by atoms with van der Waals surface area (Å²) in [6.07, 6.45) is 2.81. The van der Waals surface area contributed by atoms with Gasteiger partial charge in [-0.15, -0.1) is 0 Å². The molecule has 1 saturated heterocycles. The number of ether oxygens (including phenoxy) is 2. The number of rotatable bonds is 6. The fraction of sp³-hybridized carbons (Fsp3) is 0.409. The van der Waals surface area contributed by atoms with Crippen LogP contribution in [0.2, 0.25) is 0 Å². The van der Waals surface area contributed by atoms with Gasteiger partial charge in [0.2, 0.25) is 0 Å². The van der Waals surface area contributed by atoms with Crippen molar-refractivity contribution in [3.8, 4) is 11.5 Å². The van der Waals surface area contributed by atoms with E-state index in [1.807, 2.05) is 12.1 Å². The molecule has 147 valence electrons. The van der Waals surface area contributed by atoms with Gasteiger partial charge >= 0.3 is 0 Å². The van der Waals surface area contributed by atoms with Gasteiger partial charge in [-0.3, -0.25) is 0 Å². The summed E-state index contributed by atoms with van der Waals surface area (Å²) in [6, 6.07) is 11.6. The summed E-state index contributed by atoms with van der Waals surface area (Å²) in [5, 5.41) is 5.14. The van der Waals surface area contributed by atoms with Gasteiger partial charge in [0.1, 0.15) is 5.82 Å². The van der Waals surface area contributed by atoms with Crippen molar-refractivity contribution in [1.29, 1.82) is 0 Å². The zero-order valence-electron chi connectivity index (χ0n) is 16.2. The first-order valence-corrected chi connectivity index (χ1v) is 9.72. The Hall–Kier alpha value is -2.76. The van der Waals surface area contributed by atoms with E-state index in [1.54, 1.807) is 13.2 Å². The van der Waals surface area contributed by atoms with Crippen molar-refractivity contribution in [3.63, 3.8) is 0 Å². The van der Waals surface area contributed by atoms with E-state index in [0.29, 0.717) is 23.9 Å². The Kier molecular flexibility index (Phi) is 5.37. The van der Waals surface area contributed by atoms with Crippen LogP contribution < -0.4 is 14.4 Å². The quantitative estimate of drug-likeness (QED) is 0.603. The van der Waals surface area contributed by atoms with E-state index < -0.39 is 0 Å². The molecule has 0 spiro atoms. The number of methoxy groups -OCH3 is 1. The van der Waals surface area contributed by atoms with E-state index in [2.05, 4.69) is 23.0 Å². The Morgan fingerprint density at radius 1 is 1.29 bits per heavy atom. The molecule has 0 bridgehead atoms. The molecular weight excluding hydrogens is 359 g/mol. The Balaban J connectivity index is 1.52. The summed E-state index contributed by atoms with van der Waals surface area (Å²) in [7, 11) is 1.64. The predicted octanol–water partition coefficient (Wildman–Crippen LogP) is 4.95. The molecule has 0 unspecified atom stereocenters. The van der Waals surface area contributed by atoms with E-state index in [0.717, 1.165) is 54.9 Å². The number of piperidine rings is 1. The van der Waals surface area contributed by atoms with Crippen LogP contribution in [0.25, 0.3) is 11.0 Å². The van der Waals surface area contributed by atoms with E-state index in [4.69, 9.17) is 14.0 Å². The van der Waals surface area contributed by atoms with Gasteiger partial charge in [0.25, 0.3) is 0 Å². The van der Waals surface area contributed by atoms with E-state index in [-0.39, 0.29) is 5.82 Å². The Morgan fingerprint density at radius 2 is 2.11 bits per heavy atom. The van der Waals surface area contributed by atoms with Crippen LogP contribution in [0, 0.1) is 11.9 Å². The smallest absolute Gasteiger partial charge is 0.185 e. The second-order valence-electron chi connectivity index (χ2n) is 7.04. The average Bonchev–Trinajstić information content (AvgIpc) is 3.15. The molecule has 0 aliphatic carbocycles. The number of benzene rings is 2. The third kappa shape index (κ3) is 3.51. The molecule has 2 heterocycles. The van der Waals surface area contributed by atoms with Crippen molar-refractivity contribution in [3.05, 3.63) is 47.9 Å². The molecular formula is C22H24FN2O3. The van der Waals surface area contributed by atoms with Crippen molar-refractivity contribution in [2.75, 3.05) is 31.7 Å². The van der Waals surface area contributed by atoms with Gasteiger partial charge < -0.3 is 18.9 Å². The standard InChI is InChI=1S/C22H24FN2O3/c1-3-13-27-22-18(5-4-6-19(22)26-2)25-11-9-15(10-12-25)21-17-8-7-16(23)14-20(17)28-24-21/h4-5,7-8,14-15H,3,9-13H2,1-2H3. The summed E-state index contributed by atoms with van der Waals surface area (Å²) in [4.78, 5) is 2.32. The Morgan fingerprint density at radius 3 is 2.86 bits per heavy atom. The van der Waals surface area contributed by atoms with Crippen LogP contribution >= 0.6 is 0 Å². The fourth-order valence-electron chi connectivity index (χ4n) is 3.82. The molecule has 6 heteroatoms. The minimum Gasteiger partial charge on any atom is -0.492 e. The highest BCUT2D eigenvalue weighted by Gasteiger charge is 2.27. The molecule has 0 N–H and O–H groups in total. The molecule has 1 aliphatic heterocycles. The summed E-state index contributed by atoms with van der Waals surface area (Å²) in [5.41, 5.74) is 2.47. The lowest BCUT2D eigenvalue weighted by Gasteiger charge is -2.34. The van der Waals surface area contributed by atoms with E-state index >= 15 is 0 Å². The zero-order chi connectivity index (χ0) is 19.5. The van der Waals surface area contributed by atoms with Gasteiger partial charge in [-0.25, -0.2) is 4.39 Å². The van der Waals surface area contributed by atoms with Crippen LogP contribution in [-0.4, -0.2) is 32.0 Å². The van der Waals surface area contributed by atoms with Crippen molar-refractivity contribution < 1.29 is 18.4 Å². The van der Waals surface area contributed by atoms with E-state index in [9.17, 15) is 4.39 Å². The maximum Gasteiger partial charge on any atom is 0.185 e. The zero-order valence-corrected chi connectivity index (χ0v) is 16.2. The number of nitrogens with zero attached hydrogens (tertiary/aromatic N) is 2. The minimum absolute atomic E-state index is 0.292. The second-order valence-corrected chi connectivity index (χ2v) is 7.04. The molecule has 3 aromatic rings. The molecule has 2 aromatic carbocycles. The molecule has 1 aliphatic rings. The third-order valence-electron chi connectivity index (χ3n) is 5.23. The SMILES string of the molecule is CCCOc1c(OC)[c]ccc1N1CCC(c2noc3cc(F)ccc23)CC1. The second kappa shape index (κ2) is 8.09. The maximum atomic E-state index is 13.4. The number of aromatic nitrogens is 1. The van der Waals surface area contributed by atoms with E-state index in [1.165, 1.54) is 12.1 Å². The molecule has 1 fully saturated rings. The van der Waals surface area contributed by atoms with Crippen LogP contribution in [0.4, 0.5) is 10.1 Å². The van der Waals surface area contributed by atoms with Crippen molar-refractivity contribution in [2.45, 2.75) is 32.1 Å². The summed E-state index contributed by atoms with van der Waals surface area (Å²) < 4.78 is 30.2. The first-order valence-electron chi connectivity index (χ1n) is 9.72. The first kappa shape index (κ1) is 18.6. The van der Waals surface area contributed by atoms with Crippen LogP contribution in [-0.2, 0) is 0 Å². The molecule has 1 aromatic heterocycles. The molecule has 0 saturated carbocycles. The van der Waals surface area contributed by atoms with Gasteiger partial charge in [0.15, 0.2) is 17.1 Å². The number of anilines is 1. The van der Waals surface area contributed by atoms with Gasteiger partial charge in [0, 0.05) is 36.5 Å². The van der Waals surface area contributed by atoms with Gasteiger partial charge in [-0.05, 0) is 43.5 Å². The van der Waals surface area contributed by atoms with Gasteiger partial charge in [0.05, 0.1) is 25.1 Å². The highest BCUT2D eigenvalue weighted by atomic mass is 19.1. The number of fused-ring (bicyclic) bond motifs is 1. The molecule has 0 atom stereocenters. The number of hydrogen-bond donors (Lipinski definition) is 0. The first-order chi connectivity index (χ1) is 13.7. The maximum absolute atomic E-state index is 13.4. The fourth-order valence-corrected chi connectivity index (χ4v) is 3.82. The van der Waals surface area contributed by atoms with Crippen molar-refractivity contribution >= 4 is 16.7 Å². The van der Waals surface area contributed by atoms with Crippen molar-refractivity contribution in [2.24, 2.45) is 0 Å². The van der Waals surface area contributed by atoms with Crippen LogP contribution in [0.5, 0.6) is 11.5 Å². The lowest BCUT2D eigenvalue weighted by atomic mass is 9.91. The lowest BCUT2D eigenvalue weighted by molar-refractivity contribution is 0.293. The Labute approximate surface area is 164 Å². The highest BCUT2D eigenvalue weighted by Crippen LogP contribution is 2.40. The van der Waals surface area contributed by atoms with Crippen LogP contribution in [0.3, 0.4) is 0 Å². The predicted molar refractivity (Wildman–Crippen MR) is 106 cm³/mol. The molecule has 4 rings (SSSR count). The molecule has 28 heavy (non-hydrogen) atoms. The third-order valence-corrected chi connectivity index (χ3v) is 5.23. The summed E-state index contributed by atoms with van der Waals surface area (Å²) in [5.74, 6) is 1.38. The lowest BCUT2D eigenvalue weighted by Crippen LogP contribution is -2.33. The largest absolute Gasteiger partial charge is 0.492 e. The number of halogens is 1. The summed E-state index contributed by atoms with van der Waals surface area (Å²) in [6.45, 7) is 4.46. The van der Waals surface area contributed by atoms with Crippen LogP contribution in [0.15, 0.2) is 34.9 Å². The molecule has 5 nitrogen and oxygen atoms in total. The average molecular weight is 383 g/mol. The van der Waals surface area contributed by atoms with Gasteiger partial charge in [-0.1, -0.05) is 12.1 Å². The highest BCUT2D eigenvalue weighted by molar-refractivity contribution is 5.80. The summed E-state index contributed by atoms with van der Waals surface area (Å²) >= 11 is 0. The number of hydrogen-bond acceptors (Lipinski definition) is 5. The topological polar surface area (TPSA) is 47.7 Å². The molecule has 1 radical (unpaired) electrons. The minimum atomic E-state index is -0.306. The van der Waals surface area contributed by atoms with Crippen LogP contribution in [0.1, 0.15) is 37.8 Å². The van der Waals surface area contributed by atoms with Gasteiger partial charge in [-0.2, -0.15) is 0 Å². The van der Waals surface area contributed by atoms with Crippen molar-refractivity contribution in [1.82, 2.24) is 5.16 Å². The Bertz CT molecular complexity index is 948. The normalized spacial score (nSPS) is 15.2. The monoisotopic (exact) mass is 383 g/mol.